The lowest BCUT2D eigenvalue weighted by Crippen LogP contribution is -2.11. The summed E-state index contributed by atoms with van der Waals surface area (Å²) in [6.07, 6.45) is 0.301. The van der Waals surface area contributed by atoms with Crippen molar-refractivity contribution in [2.24, 2.45) is 0 Å². The maximum Gasteiger partial charge on any atom is 0.194 e. The van der Waals surface area contributed by atoms with Gasteiger partial charge in [-0.3, -0.25) is 14.4 Å². The van der Waals surface area contributed by atoms with Crippen molar-refractivity contribution in [2.45, 2.75) is 20.3 Å². The molecule has 9 heteroatoms. The van der Waals surface area contributed by atoms with Gasteiger partial charge in [0.1, 0.15) is 11.5 Å². The monoisotopic (exact) mass is 556 g/mol. The zero-order chi connectivity index (χ0) is 29.5. The van der Waals surface area contributed by atoms with E-state index in [-0.39, 0.29) is 50.4 Å². The van der Waals surface area contributed by atoms with Crippen molar-refractivity contribution in [1.29, 1.82) is 0 Å². The van der Waals surface area contributed by atoms with Crippen LogP contribution in [0.4, 0.5) is 0 Å². The van der Waals surface area contributed by atoms with E-state index in [1.165, 1.54) is 61.7 Å². The third-order valence-electron chi connectivity index (χ3n) is 8.16. The molecule has 5 aromatic carbocycles. The highest BCUT2D eigenvalue weighted by atomic mass is 16.5. The molecule has 0 fully saturated rings. The van der Waals surface area contributed by atoms with Crippen molar-refractivity contribution >= 4 is 54.4 Å². The van der Waals surface area contributed by atoms with Crippen LogP contribution in [0.2, 0.25) is 0 Å². The average Bonchev–Trinajstić information content (AvgIpc) is 3.09. The highest BCUT2D eigenvalue weighted by Crippen LogP contribution is 2.58. The van der Waals surface area contributed by atoms with E-state index < -0.39 is 0 Å². The molecule has 5 aromatic rings. The van der Waals surface area contributed by atoms with Crippen molar-refractivity contribution in [3.63, 3.8) is 0 Å². The van der Waals surface area contributed by atoms with E-state index in [0.717, 1.165) is 5.57 Å². The number of hydrogen-bond acceptors (Lipinski definition) is 9. The fraction of sp³-hybridized carbons (Fsp3) is 0.281. The molecule has 0 heterocycles. The van der Waals surface area contributed by atoms with Gasteiger partial charge in [-0.25, -0.2) is 0 Å². The number of ketones is 1. The van der Waals surface area contributed by atoms with Gasteiger partial charge in [0.15, 0.2) is 39.6 Å². The second-order valence-corrected chi connectivity index (χ2v) is 10.0. The van der Waals surface area contributed by atoms with Crippen LogP contribution < -0.4 is 39.3 Å². The number of hydrogen-bond donors (Lipinski definition) is 0. The number of methoxy groups -OCH3 is 6. The summed E-state index contributed by atoms with van der Waals surface area (Å²) in [4.78, 5) is 41.0. The number of benzene rings is 5. The predicted molar refractivity (Wildman–Crippen MR) is 158 cm³/mol. The number of ether oxygens (including phenoxy) is 6. The molecule has 0 unspecified atom stereocenters. The first kappa shape index (κ1) is 26.4. The minimum absolute atomic E-state index is 0.193. The largest absolute Gasteiger partial charge is 0.496 e. The first-order valence-corrected chi connectivity index (χ1v) is 12.9. The van der Waals surface area contributed by atoms with E-state index in [0.29, 0.717) is 66.9 Å². The van der Waals surface area contributed by atoms with Crippen molar-refractivity contribution in [2.75, 3.05) is 42.7 Å². The van der Waals surface area contributed by atoms with Gasteiger partial charge in [0.2, 0.25) is 0 Å². The molecule has 210 valence electrons. The van der Waals surface area contributed by atoms with Crippen LogP contribution in [0.1, 0.15) is 25.0 Å². The van der Waals surface area contributed by atoms with Crippen LogP contribution >= 0.6 is 0 Å². The molecule has 6 rings (SSSR count). The molecule has 41 heavy (non-hydrogen) atoms. The molecular weight excluding hydrogens is 528 g/mol. The van der Waals surface area contributed by atoms with E-state index >= 15 is 0 Å². The zero-order valence-electron chi connectivity index (χ0n) is 24.0. The third kappa shape index (κ3) is 3.14. The van der Waals surface area contributed by atoms with Crippen LogP contribution in [-0.4, -0.2) is 48.4 Å². The Morgan fingerprint density at radius 2 is 1.05 bits per heavy atom. The molecule has 9 nitrogen and oxygen atoms in total. The molecule has 1 aliphatic carbocycles. The summed E-state index contributed by atoms with van der Waals surface area (Å²) in [7, 11) is 8.88. The van der Waals surface area contributed by atoms with Crippen LogP contribution in [0.5, 0.6) is 34.5 Å². The fourth-order valence-corrected chi connectivity index (χ4v) is 6.80. The first-order chi connectivity index (χ1) is 19.7. The average molecular weight is 557 g/mol. The Kier molecular flexibility index (Phi) is 5.88. The molecule has 0 saturated carbocycles. The predicted octanol–water partition coefficient (Wildman–Crippen LogP) is 4.87. The minimum Gasteiger partial charge on any atom is -0.496 e. The summed E-state index contributed by atoms with van der Waals surface area (Å²) < 4.78 is 35.1. The molecular formula is C32H28O9. The Morgan fingerprint density at radius 1 is 0.585 bits per heavy atom. The van der Waals surface area contributed by atoms with Crippen molar-refractivity contribution in [3.05, 3.63) is 49.3 Å². The van der Waals surface area contributed by atoms with Crippen LogP contribution in [0.3, 0.4) is 0 Å². The van der Waals surface area contributed by atoms with E-state index in [1.807, 2.05) is 6.92 Å². The zero-order valence-corrected chi connectivity index (χ0v) is 24.0. The highest BCUT2D eigenvalue weighted by molar-refractivity contribution is 6.41. The topological polar surface area (TPSA) is 107 Å². The van der Waals surface area contributed by atoms with Gasteiger partial charge in [0.25, 0.3) is 0 Å². The number of allylic oxidation sites excluding steroid dienone is 2. The Morgan fingerprint density at radius 3 is 1.49 bits per heavy atom. The standard InChI is InChI=1S/C32H28O9/c1-12-9-14-20-25-21(30(39-6)29(14)38-5)15(34)10-17(36-3)23(25)24-18(37-4)11-16(35)22-27(24)26(20)28(19(12)13(2)33)32(41-8)31(22)40-7/h10-11H,9H2,1-8H3. The van der Waals surface area contributed by atoms with Crippen LogP contribution in [0.25, 0.3) is 48.7 Å². The molecule has 0 spiro atoms. The first-order valence-electron chi connectivity index (χ1n) is 12.9. The maximum absolute atomic E-state index is 13.8. The Labute approximate surface area is 234 Å². The summed E-state index contributed by atoms with van der Waals surface area (Å²) in [6, 6.07) is 2.79. The molecule has 0 atom stereocenters. The van der Waals surface area contributed by atoms with Crippen LogP contribution in [0.15, 0.2) is 27.3 Å². The van der Waals surface area contributed by atoms with Gasteiger partial charge in [0, 0.05) is 55.8 Å². The van der Waals surface area contributed by atoms with Crippen molar-refractivity contribution < 1.29 is 33.2 Å². The molecule has 0 bridgehead atoms. The number of carbonyl (C=O) groups is 1. The Balaban J connectivity index is 2.22. The highest BCUT2D eigenvalue weighted by Gasteiger charge is 2.36. The van der Waals surface area contributed by atoms with Gasteiger partial charge in [-0.05, 0) is 25.7 Å². The number of fused-ring (bicyclic) bond motifs is 1. The minimum atomic E-state index is -0.353. The third-order valence-corrected chi connectivity index (χ3v) is 8.16. The molecule has 0 aromatic heterocycles. The summed E-state index contributed by atoms with van der Waals surface area (Å²) >= 11 is 0. The van der Waals surface area contributed by atoms with Gasteiger partial charge in [-0.2, -0.15) is 0 Å². The molecule has 0 amide bonds. The van der Waals surface area contributed by atoms with Crippen molar-refractivity contribution in [1.82, 2.24) is 0 Å². The number of rotatable bonds is 7. The summed E-state index contributed by atoms with van der Waals surface area (Å²) in [5, 5.41) is 3.91. The molecule has 1 aliphatic rings. The Hall–Kier alpha value is -4.79. The molecule has 0 saturated heterocycles. The van der Waals surface area contributed by atoms with E-state index in [9.17, 15) is 14.4 Å². The van der Waals surface area contributed by atoms with Crippen LogP contribution in [0, 0.1) is 0 Å². The molecule has 0 radical (unpaired) electrons. The van der Waals surface area contributed by atoms with Gasteiger partial charge in [-0.15, -0.1) is 0 Å². The van der Waals surface area contributed by atoms with E-state index in [2.05, 4.69) is 0 Å². The second-order valence-electron chi connectivity index (χ2n) is 10.0. The number of Topliss-reactive ketones (excluding diaryl/α,β-unsaturated/α-hetero) is 1. The van der Waals surface area contributed by atoms with Gasteiger partial charge >= 0.3 is 0 Å². The Bertz CT molecular complexity index is 2110. The second kappa shape index (κ2) is 9.12. The van der Waals surface area contributed by atoms with Gasteiger partial charge < -0.3 is 28.4 Å². The SMILES string of the molecule is COc1c(OC)c2c(=O)cc(OC)c3c4c(OC)cc(=O)c5c(OC)c(OC)c6c(c(c1CC(C)=C6C(C)=O)c23)c54. The summed E-state index contributed by atoms with van der Waals surface area (Å²) in [6.45, 7) is 3.36. The molecule has 0 aliphatic heterocycles. The smallest absolute Gasteiger partial charge is 0.194 e. The normalized spacial score (nSPS) is 13.0. The lowest BCUT2D eigenvalue weighted by Gasteiger charge is -2.25. The maximum atomic E-state index is 13.8. The van der Waals surface area contributed by atoms with Gasteiger partial charge in [0.05, 0.1) is 53.4 Å². The lowest BCUT2D eigenvalue weighted by atomic mass is 9.82. The van der Waals surface area contributed by atoms with E-state index in [4.69, 9.17) is 28.4 Å². The number of carbonyl (C=O) groups excluding carboxylic acids is 1. The van der Waals surface area contributed by atoms with Crippen molar-refractivity contribution in [3.8, 4) is 34.5 Å². The van der Waals surface area contributed by atoms with Crippen LogP contribution in [-0.2, 0) is 11.2 Å². The lowest BCUT2D eigenvalue weighted by molar-refractivity contribution is -0.111. The quantitative estimate of drug-likeness (QED) is 0.205. The summed E-state index contributed by atoms with van der Waals surface area (Å²) in [5.41, 5.74) is 1.67. The summed E-state index contributed by atoms with van der Waals surface area (Å²) in [5.74, 6) is 1.48. The molecule has 0 N–H and O–H groups in total. The fourth-order valence-electron chi connectivity index (χ4n) is 6.80. The van der Waals surface area contributed by atoms with Gasteiger partial charge in [-0.1, -0.05) is 5.57 Å². The van der Waals surface area contributed by atoms with E-state index in [1.54, 1.807) is 0 Å².